The number of benzene rings is 2. The van der Waals surface area contributed by atoms with E-state index in [1.54, 1.807) is 42.5 Å². The van der Waals surface area contributed by atoms with Crippen LogP contribution in [0.25, 0.3) is 22.2 Å². The standard InChI is InChI=1S/C17H9BrClF3N4O/c18-9-5-6-13-11(7-9)15(10-3-1-2-4-12(10)19)25-14(24-13)8-23-26-16(27)17(20,21)22/h1-8H,(H,26,27)/b23-8+. The van der Waals surface area contributed by atoms with Crippen molar-refractivity contribution < 1.29 is 18.0 Å². The van der Waals surface area contributed by atoms with Gasteiger partial charge in [-0.3, -0.25) is 4.79 Å². The van der Waals surface area contributed by atoms with Crippen LogP contribution in [0.4, 0.5) is 13.2 Å². The maximum Gasteiger partial charge on any atom is 0.473 e. The summed E-state index contributed by atoms with van der Waals surface area (Å²) in [5, 5.41) is 4.42. The lowest BCUT2D eigenvalue weighted by atomic mass is 10.1. The number of amides is 1. The zero-order chi connectivity index (χ0) is 19.6. The molecule has 138 valence electrons. The van der Waals surface area contributed by atoms with E-state index in [4.69, 9.17) is 11.6 Å². The number of alkyl halides is 3. The van der Waals surface area contributed by atoms with E-state index in [0.29, 0.717) is 27.2 Å². The molecule has 0 unspecified atom stereocenters. The Kier molecular flexibility index (Phi) is 5.43. The Balaban J connectivity index is 2.07. The van der Waals surface area contributed by atoms with Crippen molar-refractivity contribution in [1.29, 1.82) is 0 Å². The lowest BCUT2D eigenvalue weighted by Crippen LogP contribution is -2.33. The van der Waals surface area contributed by atoms with Crippen molar-refractivity contribution in [2.45, 2.75) is 6.18 Å². The smallest absolute Gasteiger partial charge is 0.263 e. The normalized spacial score (nSPS) is 11.9. The number of hydrazone groups is 1. The SMILES string of the molecule is O=C(N/N=C/c1nc(-c2ccccc2Cl)c2cc(Br)ccc2n1)C(F)(F)F. The Morgan fingerprint density at radius 2 is 1.93 bits per heavy atom. The first-order chi connectivity index (χ1) is 12.8. The van der Waals surface area contributed by atoms with Crippen LogP contribution in [0.1, 0.15) is 5.82 Å². The van der Waals surface area contributed by atoms with Crippen LogP contribution in [0.3, 0.4) is 0 Å². The summed E-state index contributed by atoms with van der Waals surface area (Å²) < 4.78 is 37.4. The van der Waals surface area contributed by atoms with Gasteiger partial charge in [-0.05, 0) is 24.3 Å². The van der Waals surface area contributed by atoms with Crippen LogP contribution in [0.15, 0.2) is 52.0 Å². The minimum atomic E-state index is -5.03. The summed E-state index contributed by atoms with van der Waals surface area (Å²) >= 11 is 9.64. The van der Waals surface area contributed by atoms with Gasteiger partial charge in [-0.25, -0.2) is 15.4 Å². The molecule has 3 rings (SSSR count). The fourth-order valence-corrected chi connectivity index (χ4v) is 2.83. The maximum absolute atomic E-state index is 12.2. The molecule has 5 nitrogen and oxygen atoms in total. The number of nitrogens with one attached hydrogen (secondary N) is 1. The third-order valence-electron chi connectivity index (χ3n) is 3.41. The second kappa shape index (κ2) is 7.61. The van der Waals surface area contributed by atoms with Gasteiger partial charge < -0.3 is 0 Å². The molecule has 0 aliphatic heterocycles. The highest BCUT2D eigenvalue weighted by Gasteiger charge is 2.38. The van der Waals surface area contributed by atoms with Gasteiger partial charge in [0.05, 0.1) is 17.4 Å². The number of rotatable bonds is 3. The highest BCUT2D eigenvalue weighted by atomic mass is 79.9. The highest BCUT2D eigenvalue weighted by Crippen LogP contribution is 2.32. The predicted octanol–water partition coefficient (Wildman–Crippen LogP) is 4.73. The molecular formula is C17H9BrClF3N4O. The van der Waals surface area contributed by atoms with Crippen molar-refractivity contribution in [3.8, 4) is 11.3 Å². The first-order valence-corrected chi connectivity index (χ1v) is 8.55. The lowest BCUT2D eigenvalue weighted by molar-refractivity contribution is -0.173. The molecule has 0 atom stereocenters. The van der Waals surface area contributed by atoms with Crippen LogP contribution in [0.5, 0.6) is 0 Å². The third kappa shape index (κ3) is 4.42. The molecule has 0 aliphatic rings. The largest absolute Gasteiger partial charge is 0.473 e. The van der Waals surface area contributed by atoms with Gasteiger partial charge in [-0.1, -0.05) is 45.7 Å². The molecular weight excluding hydrogens is 449 g/mol. The van der Waals surface area contributed by atoms with E-state index in [-0.39, 0.29) is 5.82 Å². The summed E-state index contributed by atoms with van der Waals surface area (Å²) in [7, 11) is 0. The van der Waals surface area contributed by atoms with E-state index in [1.165, 1.54) is 5.43 Å². The Labute approximate surface area is 164 Å². The van der Waals surface area contributed by atoms with Gasteiger partial charge in [0.25, 0.3) is 0 Å². The van der Waals surface area contributed by atoms with E-state index in [2.05, 4.69) is 31.0 Å². The van der Waals surface area contributed by atoms with Gasteiger partial charge in [0.2, 0.25) is 0 Å². The molecule has 3 aromatic rings. The molecule has 1 amide bonds. The molecule has 1 aromatic heterocycles. The fraction of sp³-hybridized carbons (Fsp3) is 0.0588. The summed E-state index contributed by atoms with van der Waals surface area (Å²) in [4.78, 5) is 19.4. The second-order valence-electron chi connectivity index (χ2n) is 5.27. The Morgan fingerprint density at radius 1 is 1.19 bits per heavy atom. The first kappa shape index (κ1) is 19.2. The van der Waals surface area contributed by atoms with Gasteiger partial charge >= 0.3 is 12.1 Å². The molecule has 0 radical (unpaired) electrons. The quantitative estimate of drug-likeness (QED) is 0.457. The van der Waals surface area contributed by atoms with Crippen molar-refractivity contribution in [3.63, 3.8) is 0 Å². The van der Waals surface area contributed by atoms with Crippen LogP contribution in [-0.4, -0.2) is 28.3 Å². The summed E-state index contributed by atoms with van der Waals surface area (Å²) in [6.07, 6.45) is -4.10. The average molecular weight is 458 g/mol. The van der Waals surface area contributed by atoms with Gasteiger partial charge in [-0.2, -0.15) is 18.3 Å². The third-order valence-corrected chi connectivity index (χ3v) is 4.23. The molecule has 0 fully saturated rings. The molecule has 1 heterocycles. The Bertz CT molecular complexity index is 1060. The number of nitrogens with zero attached hydrogens (tertiary/aromatic N) is 3. The van der Waals surface area contributed by atoms with E-state index < -0.39 is 12.1 Å². The van der Waals surface area contributed by atoms with Gasteiger partial charge in [0.15, 0.2) is 5.82 Å². The van der Waals surface area contributed by atoms with Crippen molar-refractivity contribution >= 4 is 50.6 Å². The molecule has 10 heteroatoms. The van der Waals surface area contributed by atoms with E-state index in [0.717, 1.165) is 10.7 Å². The van der Waals surface area contributed by atoms with E-state index >= 15 is 0 Å². The number of fused-ring (bicyclic) bond motifs is 1. The van der Waals surface area contributed by atoms with Crippen molar-refractivity contribution in [1.82, 2.24) is 15.4 Å². The second-order valence-corrected chi connectivity index (χ2v) is 6.59. The van der Waals surface area contributed by atoms with Gasteiger partial charge in [-0.15, -0.1) is 0 Å². The molecule has 2 aromatic carbocycles. The minimum absolute atomic E-state index is 0.0159. The summed E-state index contributed by atoms with van der Waals surface area (Å²) in [6.45, 7) is 0. The van der Waals surface area contributed by atoms with Crippen LogP contribution in [0.2, 0.25) is 5.02 Å². The van der Waals surface area contributed by atoms with Crippen molar-refractivity contribution in [2.75, 3.05) is 0 Å². The maximum atomic E-state index is 12.2. The number of hydrogen-bond donors (Lipinski definition) is 1. The number of aromatic nitrogens is 2. The average Bonchev–Trinajstić information content (AvgIpc) is 2.61. The minimum Gasteiger partial charge on any atom is -0.263 e. The summed E-state index contributed by atoms with van der Waals surface area (Å²) in [5.41, 5.74) is 3.03. The zero-order valence-corrected chi connectivity index (χ0v) is 15.6. The summed E-state index contributed by atoms with van der Waals surface area (Å²) in [5.74, 6) is -2.17. The predicted molar refractivity (Wildman–Crippen MR) is 99.5 cm³/mol. The fourth-order valence-electron chi connectivity index (χ4n) is 2.25. The molecule has 0 spiro atoms. The number of hydrogen-bond acceptors (Lipinski definition) is 4. The topological polar surface area (TPSA) is 67.2 Å². The summed E-state index contributed by atoms with van der Waals surface area (Å²) in [6, 6.07) is 12.3. The van der Waals surface area contributed by atoms with E-state index in [9.17, 15) is 18.0 Å². The van der Waals surface area contributed by atoms with E-state index in [1.807, 2.05) is 0 Å². The molecule has 1 N–H and O–H groups in total. The van der Waals surface area contributed by atoms with Crippen LogP contribution < -0.4 is 5.43 Å². The molecule has 0 bridgehead atoms. The zero-order valence-electron chi connectivity index (χ0n) is 13.3. The van der Waals surface area contributed by atoms with Crippen LogP contribution in [0, 0.1) is 0 Å². The number of carbonyl (C=O) groups excluding carboxylic acids is 1. The van der Waals surface area contributed by atoms with Crippen LogP contribution >= 0.6 is 27.5 Å². The van der Waals surface area contributed by atoms with Crippen molar-refractivity contribution in [2.24, 2.45) is 5.10 Å². The van der Waals surface area contributed by atoms with Gasteiger partial charge in [0, 0.05) is 20.4 Å². The Hall–Kier alpha value is -2.52. The first-order valence-electron chi connectivity index (χ1n) is 7.38. The number of halogens is 5. The lowest BCUT2D eigenvalue weighted by Gasteiger charge is -2.09. The van der Waals surface area contributed by atoms with Gasteiger partial charge in [0.1, 0.15) is 0 Å². The molecule has 0 aliphatic carbocycles. The molecule has 0 saturated heterocycles. The van der Waals surface area contributed by atoms with Crippen molar-refractivity contribution in [3.05, 3.63) is 57.8 Å². The van der Waals surface area contributed by atoms with Crippen LogP contribution in [-0.2, 0) is 4.79 Å². The number of carbonyl (C=O) groups is 1. The monoisotopic (exact) mass is 456 g/mol. The molecule has 27 heavy (non-hydrogen) atoms. The Morgan fingerprint density at radius 3 is 2.63 bits per heavy atom. The highest BCUT2D eigenvalue weighted by molar-refractivity contribution is 9.10. The molecule has 0 saturated carbocycles.